The highest BCUT2D eigenvalue weighted by Gasteiger charge is 2.25. The quantitative estimate of drug-likeness (QED) is 0.818. The predicted molar refractivity (Wildman–Crippen MR) is 99.8 cm³/mol. The highest BCUT2D eigenvalue weighted by molar-refractivity contribution is 5.78. The number of hydrogen-bond acceptors (Lipinski definition) is 4. The van der Waals surface area contributed by atoms with Crippen molar-refractivity contribution in [3.63, 3.8) is 0 Å². The summed E-state index contributed by atoms with van der Waals surface area (Å²) in [5.41, 5.74) is 1.19. The number of benzene rings is 2. The van der Waals surface area contributed by atoms with Gasteiger partial charge < -0.3 is 19.1 Å². The summed E-state index contributed by atoms with van der Waals surface area (Å²) in [5.74, 6) is 2.13. The van der Waals surface area contributed by atoms with E-state index >= 15 is 0 Å². The van der Waals surface area contributed by atoms with Crippen molar-refractivity contribution in [1.82, 2.24) is 4.90 Å². The number of amides is 1. The molecule has 1 aliphatic heterocycles. The summed E-state index contributed by atoms with van der Waals surface area (Å²) in [6, 6.07) is 15.2. The first kappa shape index (κ1) is 18.3. The van der Waals surface area contributed by atoms with Gasteiger partial charge in [-0.2, -0.15) is 0 Å². The lowest BCUT2D eigenvalue weighted by atomic mass is 10.2. The minimum absolute atomic E-state index is 0.0213. The second kappa shape index (κ2) is 8.23. The van der Waals surface area contributed by atoms with Crippen LogP contribution >= 0.6 is 0 Å². The third kappa shape index (κ3) is 4.99. The van der Waals surface area contributed by atoms with Crippen molar-refractivity contribution in [3.05, 3.63) is 54.1 Å². The molecule has 5 nitrogen and oxygen atoms in total. The fourth-order valence-electron chi connectivity index (χ4n) is 2.96. The van der Waals surface area contributed by atoms with Crippen molar-refractivity contribution in [2.45, 2.75) is 33.0 Å². The van der Waals surface area contributed by atoms with Crippen LogP contribution in [0.2, 0.25) is 0 Å². The molecule has 2 aromatic rings. The number of ether oxygens (including phenoxy) is 3. The molecule has 0 unspecified atom stereocenters. The molecule has 1 fully saturated rings. The van der Waals surface area contributed by atoms with E-state index in [2.05, 4.69) is 0 Å². The maximum atomic E-state index is 12.3. The molecule has 0 radical (unpaired) electrons. The molecule has 26 heavy (non-hydrogen) atoms. The fraction of sp³-hybridized carbons (Fsp3) is 0.381. The van der Waals surface area contributed by atoms with E-state index < -0.39 is 0 Å². The van der Waals surface area contributed by atoms with Crippen LogP contribution in [0.25, 0.3) is 0 Å². The topological polar surface area (TPSA) is 48.0 Å². The van der Waals surface area contributed by atoms with Gasteiger partial charge >= 0.3 is 0 Å². The summed E-state index contributed by atoms with van der Waals surface area (Å²) < 4.78 is 17.1. The lowest BCUT2D eigenvalue weighted by Gasteiger charge is -2.35. The number of aryl methyl sites for hydroxylation is 1. The predicted octanol–water partition coefficient (Wildman–Crippen LogP) is 3.80. The number of hydrogen-bond donors (Lipinski definition) is 0. The smallest absolute Gasteiger partial charge is 0.260 e. The maximum Gasteiger partial charge on any atom is 0.260 e. The molecule has 0 N–H and O–H groups in total. The summed E-state index contributed by atoms with van der Waals surface area (Å²) in [5, 5.41) is 0. The Morgan fingerprint density at radius 3 is 2.04 bits per heavy atom. The minimum atomic E-state index is -0.0213. The number of carbonyl (C=O) groups is 1. The van der Waals surface area contributed by atoms with Crippen LogP contribution in [0.3, 0.4) is 0 Å². The van der Waals surface area contributed by atoms with E-state index in [1.54, 1.807) is 17.0 Å². The van der Waals surface area contributed by atoms with Crippen LogP contribution in [-0.4, -0.2) is 42.7 Å². The fourth-order valence-corrected chi connectivity index (χ4v) is 2.96. The van der Waals surface area contributed by atoms with E-state index in [1.807, 2.05) is 57.2 Å². The van der Waals surface area contributed by atoms with E-state index in [0.717, 1.165) is 11.5 Å². The van der Waals surface area contributed by atoms with Gasteiger partial charge in [-0.3, -0.25) is 4.79 Å². The molecule has 2 aromatic carbocycles. The molecular formula is C21H25NO4. The number of nitrogens with zero attached hydrogens (tertiary/aromatic N) is 1. The summed E-state index contributed by atoms with van der Waals surface area (Å²) in [7, 11) is 0. The van der Waals surface area contributed by atoms with E-state index in [-0.39, 0.29) is 24.7 Å². The van der Waals surface area contributed by atoms with Gasteiger partial charge in [0.1, 0.15) is 17.2 Å². The van der Waals surface area contributed by atoms with E-state index in [4.69, 9.17) is 14.2 Å². The molecule has 0 bridgehead atoms. The Bertz CT molecular complexity index is 717. The second-order valence-corrected chi connectivity index (χ2v) is 6.73. The minimum Gasteiger partial charge on any atom is -0.484 e. The average Bonchev–Trinajstić information content (AvgIpc) is 2.62. The summed E-state index contributed by atoms with van der Waals surface area (Å²) in [6.07, 6.45) is 0.113. The Labute approximate surface area is 154 Å². The lowest BCUT2D eigenvalue weighted by Crippen LogP contribution is -2.49. The molecule has 138 valence electrons. The van der Waals surface area contributed by atoms with Crippen LogP contribution < -0.4 is 9.47 Å². The van der Waals surface area contributed by atoms with Crippen LogP contribution in [0.15, 0.2) is 48.5 Å². The van der Waals surface area contributed by atoms with Gasteiger partial charge in [0.25, 0.3) is 5.91 Å². The molecule has 1 aliphatic rings. The molecule has 5 heteroatoms. The van der Waals surface area contributed by atoms with Crippen LogP contribution in [0.4, 0.5) is 0 Å². The van der Waals surface area contributed by atoms with Gasteiger partial charge in [-0.1, -0.05) is 17.7 Å². The number of carbonyl (C=O) groups excluding carboxylic acids is 1. The first-order valence-corrected chi connectivity index (χ1v) is 8.90. The van der Waals surface area contributed by atoms with Crippen molar-refractivity contribution >= 4 is 5.91 Å². The Morgan fingerprint density at radius 2 is 1.46 bits per heavy atom. The molecule has 0 aliphatic carbocycles. The van der Waals surface area contributed by atoms with Crippen molar-refractivity contribution in [3.8, 4) is 17.2 Å². The summed E-state index contributed by atoms with van der Waals surface area (Å²) in [4.78, 5) is 14.1. The third-order valence-electron chi connectivity index (χ3n) is 4.22. The number of rotatable bonds is 5. The van der Waals surface area contributed by atoms with Crippen LogP contribution in [-0.2, 0) is 9.53 Å². The zero-order valence-corrected chi connectivity index (χ0v) is 15.5. The van der Waals surface area contributed by atoms with Crippen molar-refractivity contribution < 1.29 is 19.0 Å². The van der Waals surface area contributed by atoms with E-state index in [1.165, 1.54) is 5.56 Å². The molecule has 2 atom stereocenters. The van der Waals surface area contributed by atoms with Crippen LogP contribution in [0.5, 0.6) is 17.2 Å². The highest BCUT2D eigenvalue weighted by atomic mass is 16.5. The largest absolute Gasteiger partial charge is 0.484 e. The summed E-state index contributed by atoms with van der Waals surface area (Å²) >= 11 is 0. The van der Waals surface area contributed by atoms with Gasteiger partial charge in [-0.15, -0.1) is 0 Å². The van der Waals surface area contributed by atoms with E-state index in [9.17, 15) is 4.79 Å². The first-order chi connectivity index (χ1) is 12.5. The second-order valence-electron chi connectivity index (χ2n) is 6.73. The molecular weight excluding hydrogens is 330 g/mol. The molecule has 0 aromatic heterocycles. The zero-order chi connectivity index (χ0) is 18.5. The highest BCUT2D eigenvalue weighted by Crippen LogP contribution is 2.24. The van der Waals surface area contributed by atoms with Gasteiger partial charge in [0.05, 0.1) is 12.2 Å². The summed E-state index contributed by atoms with van der Waals surface area (Å²) in [6.45, 7) is 7.23. The molecule has 0 saturated carbocycles. The van der Waals surface area contributed by atoms with Gasteiger partial charge in [0, 0.05) is 13.1 Å². The normalized spacial score (nSPS) is 19.9. The average molecular weight is 355 g/mol. The van der Waals surface area contributed by atoms with Crippen molar-refractivity contribution in [2.75, 3.05) is 19.7 Å². The van der Waals surface area contributed by atoms with Gasteiger partial charge in [0.15, 0.2) is 6.61 Å². The Kier molecular flexibility index (Phi) is 5.78. The first-order valence-electron chi connectivity index (χ1n) is 8.90. The van der Waals surface area contributed by atoms with E-state index in [0.29, 0.717) is 18.8 Å². The number of morpholine rings is 1. The lowest BCUT2D eigenvalue weighted by molar-refractivity contribution is -0.145. The maximum absolute atomic E-state index is 12.3. The van der Waals surface area contributed by atoms with Crippen molar-refractivity contribution in [1.29, 1.82) is 0 Å². The van der Waals surface area contributed by atoms with Crippen LogP contribution in [0.1, 0.15) is 19.4 Å². The Morgan fingerprint density at radius 1 is 0.962 bits per heavy atom. The molecule has 3 rings (SSSR count). The molecule has 1 heterocycles. The third-order valence-corrected chi connectivity index (χ3v) is 4.22. The standard InChI is InChI=1S/C21H25NO4/c1-15-4-6-19(7-5-15)26-20-10-8-18(9-11-20)24-14-21(23)22-12-16(2)25-17(3)13-22/h4-11,16-17H,12-14H2,1-3H3/t16-,17+. The molecule has 1 amide bonds. The monoisotopic (exact) mass is 355 g/mol. The molecule has 0 spiro atoms. The van der Waals surface area contributed by atoms with Gasteiger partial charge in [-0.25, -0.2) is 0 Å². The molecule has 1 saturated heterocycles. The zero-order valence-electron chi connectivity index (χ0n) is 15.5. The van der Waals surface area contributed by atoms with Gasteiger partial charge in [-0.05, 0) is 57.2 Å². The van der Waals surface area contributed by atoms with Crippen molar-refractivity contribution in [2.24, 2.45) is 0 Å². The van der Waals surface area contributed by atoms with Gasteiger partial charge in [0.2, 0.25) is 0 Å². The SMILES string of the molecule is Cc1ccc(Oc2ccc(OCC(=O)N3C[C@@H](C)O[C@@H](C)C3)cc2)cc1. The Hall–Kier alpha value is -2.53. The van der Waals surface area contributed by atoms with Crippen LogP contribution in [0, 0.1) is 6.92 Å². The Balaban J connectivity index is 1.51.